The van der Waals surface area contributed by atoms with Gasteiger partial charge in [-0.25, -0.2) is 0 Å². The molecule has 0 saturated heterocycles. The van der Waals surface area contributed by atoms with Crippen molar-refractivity contribution in [2.24, 2.45) is 5.73 Å². The highest BCUT2D eigenvalue weighted by atomic mass is 14.7. The van der Waals surface area contributed by atoms with Gasteiger partial charge in [-0.15, -0.1) is 0 Å². The number of rotatable bonds is 3. The predicted molar refractivity (Wildman–Crippen MR) is 75.4 cm³/mol. The quantitative estimate of drug-likeness (QED) is 0.719. The number of H-pyrrole nitrogens is 1. The van der Waals surface area contributed by atoms with Crippen LogP contribution in [0, 0.1) is 0 Å². The first kappa shape index (κ1) is 11.1. The molecule has 0 aliphatic carbocycles. The van der Waals surface area contributed by atoms with Gasteiger partial charge in [0.1, 0.15) is 0 Å². The number of aromatic amines is 1. The Balaban J connectivity index is 1.92. The molecule has 1 unspecified atom stereocenters. The van der Waals surface area contributed by atoms with E-state index in [1.54, 1.807) is 0 Å². The average molecular weight is 236 g/mol. The fraction of sp³-hybridized carbons (Fsp3) is 0.125. The molecular formula is C16H16N2. The lowest BCUT2D eigenvalue weighted by atomic mass is 9.97. The Morgan fingerprint density at radius 3 is 2.61 bits per heavy atom. The Kier molecular flexibility index (Phi) is 2.87. The third-order valence-electron chi connectivity index (χ3n) is 3.33. The summed E-state index contributed by atoms with van der Waals surface area (Å²) >= 11 is 0. The van der Waals surface area contributed by atoms with Crippen LogP contribution in [0.5, 0.6) is 0 Å². The summed E-state index contributed by atoms with van der Waals surface area (Å²) in [5.41, 5.74) is 9.97. The second-order valence-electron chi connectivity index (χ2n) is 4.58. The molecule has 1 atom stereocenters. The van der Waals surface area contributed by atoms with Crippen molar-refractivity contribution in [2.75, 3.05) is 0 Å². The van der Waals surface area contributed by atoms with Crippen LogP contribution in [0.3, 0.4) is 0 Å². The first-order valence-electron chi connectivity index (χ1n) is 6.20. The van der Waals surface area contributed by atoms with Gasteiger partial charge in [-0.3, -0.25) is 0 Å². The van der Waals surface area contributed by atoms with E-state index in [1.807, 2.05) is 12.3 Å². The minimum atomic E-state index is 0.0342. The Morgan fingerprint density at radius 1 is 0.944 bits per heavy atom. The number of fused-ring (bicyclic) bond motifs is 1. The van der Waals surface area contributed by atoms with E-state index < -0.39 is 0 Å². The van der Waals surface area contributed by atoms with E-state index in [1.165, 1.54) is 16.5 Å². The number of benzene rings is 2. The topological polar surface area (TPSA) is 41.8 Å². The molecule has 1 aromatic heterocycles. The van der Waals surface area contributed by atoms with Crippen molar-refractivity contribution in [3.05, 3.63) is 71.9 Å². The molecule has 0 aliphatic heterocycles. The Hall–Kier alpha value is -2.06. The Labute approximate surface area is 106 Å². The fourth-order valence-electron chi connectivity index (χ4n) is 2.41. The average Bonchev–Trinajstić information content (AvgIpc) is 2.87. The van der Waals surface area contributed by atoms with Crippen LogP contribution in [-0.4, -0.2) is 4.98 Å². The van der Waals surface area contributed by atoms with Gasteiger partial charge in [0.15, 0.2) is 0 Å². The van der Waals surface area contributed by atoms with Gasteiger partial charge >= 0.3 is 0 Å². The SMILES string of the molecule is NC(Cc1ccccc1)c1cccc2[nH]ccc12. The highest BCUT2D eigenvalue weighted by Crippen LogP contribution is 2.24. The van der Waals surface area contributed by atoms with Gasteiger partial charge in [0.25, 0.3) is 0 Å². The van der Waals surface area contributed by atoms with Crippen LogP contribution in [0.4, 0.5) is 0 Å². The second kappa shape index (κ2) is 4.67. The number of nitrogens with two attached hydrogens (primary N) is 1. The highest BCUT2D eigenvalue weighted by molar-refractivity contribution is 5.83. The third-order valence-corrected chi connectivity index (χ3v) is 3.33. The summed E-state index contributed by atoms with van der Waals surface area (Å²) in [4.78, 5) is 3.22. The predicted octanol–water partition coefficient (Wildman–Crippen LogP) is 3.41. The lowest BCUT2D eigenvalue weighted by molar-refractivity contribution is 0.728. The first-order valence-corrected chi connectivity index (χ1v) is 6.20. The van der Waals surface area contributed by atoms with E-state index >= 15 is 0 Å². The van der Waals surface area contributed by atoms with Crippen molar-refractivity contribution in [1.82, 2.24) is 4.98 Å². The number of aromatic nitrogens is 1. The molecular weight excluding hydrogens is 220 g/mol. The lowest BCUT2D eigenvalue weighted by Crippen LogP contribution is -2.13. The molecule has 0 radical (unpaired) electrons. The van der Waals surface area contributed by atoms with Crippen LogP contribution in [0.2, 0.25) is 0 Å². The van der Waals surface area contributed by atoms with E-state index in [0.717, 1.165) is 11.9 Å². The van der Waals surface area contributed by atoms with Crippen LogP contribution >= 0.6 is 0 Å². The van der Waals surface area contributed by atoms with Crippen LogP contribution in [-0.2, 0) is 6.42 Å². The standard InChI is InChI=1S/C16H16N2/c17-15(11-12-5-2-1-3-6-12)13-7-4-8-16-14(13)9-10-18-16/h1-10,15,18H,11,17H2. The van der Waals surface area contributed by atoms with E-state index in [9.17, 15) is 0 Å². The molecule has 18 heavy (non-hydrogen) atoms. The minimum absolute atomic E-state index is 0.0342. The van der Waals surface area contributed by atoms with Crippen LogP contribution in [0.25, 0.3) is 10.9 Å². The van der Waals surface area contributed by atoms with Gasteiger partial charge in [0.2, 0.25) is 0 Å². The summed E-state index contributed by atoms with van der Waals surface area (Å²) in [6.45, 7) is 0. The highest BCUT2D eigenvalue weighted by Gasteiger charge is 2.10. The van der Waals surface area contributed by atoms with Gasteiger partial charge in [-0.2, -0.15) is 0 Å². The zero-order valence-electron chi connectivity index (χ0n) is 10.1. The second-order valence-corrected chi connectivity index (χ2v) is 4.58. The first-order chi connectivity index (χ1) is 8.84. The van der Waals surface area contributed by atoms with Crippen molar-refractivity contribution in [3.8, 4) is 0 Å². The van der Waals surface area contributed by atoms with Crippen LogP contribution in [0.15, 0.2) is 60.8 Å². The van der Waals surface area contributed by atoms with Crippen molar-refractivity contribution < 1.29 is 0 Å². The van der Waals surface area contributed by atoms with Gasteiger partial charge in [0, 0.05) is 23.1 Å². The molecule has 0 bridgehead atoms. The Morgan fingerprint density at radius 2 is 1.78 bits per heavy atom. The number of nitrogens with one attached hydrogen (secondary N) is 1. The summed E-state index contributed by atoms with van der Waals surface area (Å²) in [5, 5.41) is 1.22. The monoisotopic (exact) mass is 236 g/mol. The van der Waals surface area contributed by atoms with Crippen LogP contribution < -0.4 is 5.73 Å². The molecule has 2 nitrogen and oxygen atoms in total. The van der Waals surface area contributed by atoms with Crippen molar-refractivity contribution in [3.63, 3.8) is 0 Å². The molecule has 2 aromatic carbocycles. The van der Waals surface area contributed by atoms with E-state index in [0.29, 0.717) is 0 Å². The normalized spacial score (nSPS) is 12.7. The van der Waals surface area contributed by atoms with Gasteiger partial charge < -0.3 is 10.7 Å². The van der Waals surface area contributed by atoms with Crippen molar-refractivity contribution in [2.45, 2.75) is 12.5 Å². The maximum absolute atomic E-state index is 6.34. The number of hydrogen-bond acceptors (Lipinski definition) is 1. The summed E-state index contributed by atoms with van der Waals surface area (Å²) in [6.07, 6.45) is 2.83. The van der Waals surface area contributed by atoms with Gasteiger partial charge in [-0.1, -0.05) is 42.5 Å². The Bertz CT molecular complexity index is 640. The molecule has 3 N–H and O–H groups in total. The van der Waals surface area contributed by atoms with Crippen molar-refractivity contribution >= 4 is 10.9 Å². The van der Waals surface area contributed by atoms with E-state index in [-0.39, 0.29) is 6.04 Å². The van der Waals surface area contributed by atoms with Gasteiger partial charge in [0.05, 0.1) is 0 Å². The molecule has 90 valence electrons. The number of hydrogen-bond donors (Lipinski definition) is 2. The van der Waals surface area contributed by atoms with Gasteiger partial charge in [-0.05, 0) is 29.7 Å². The summed E-state index contributed by atoms with van der Waals surface area (Å²) in [7, 11) is 0. The summed E-state index contributed by atoms with van der Waals surface area (Å²) in [6, 6.07) is 18.8. The van der Waals surface area contributed by atoms with Crippen molar-refractivity contribution in [1.29, 1.82) is 0 Å². The maximum Gasteiger partial charge on any atom is 0.0457 e. The summed E-state index contributed by atoms with van der Waals surface area (Å²) < 4.78 is 0. The molecule has 3 aromatic rings. The molecule has 2 heteroatoms. The zero-order valence-corrected chi connectivity index (χ0v) is 10.1. The van der Waals surface area contributed by atoms with E-state index in [4.69, 9.17) is 5.73 Å². The molecule has 1 heterocycles. The molecule has 0 amide bonds. The maximum atomic E-state index is 6.34. The molecule has 0 aliphatic rings. The third kappa shape index (κ3) is 2.03. The molecule has 0 spiro atoms. The molecule has 0 fully saturated rings. The lowest BCUT2D eigenvalue weighted by Gasteiger charge is -2.13. The smallest absolute Gasteiger partial charge is 0.0457 e. The largest absolute Gasteiger partial charge is 0.361 e. The molecule has 3 rings (SSSR count). The van der Waals surface area contributed by atoms with Crippen LogP contribution in [0.1, 0.15) is 17.2 Å². The molecule has 0 saturated carbocycles. The summed E-state index contributed by atoms with van der Waals surface area (Å²) in [5.74, 6) is 0. The fourth-order valence-corrected chi connectivity index (χ4v) is 2.41. The van der Waals surface area contributed by atoms with E-state index in [2.05, 4.69) is 53.5 Å². The zero-order chi connectivity index (χ0) is 12.4. The minimum Gasteiger partial charge on any atom is -0.361 e.